The van der Waals surface area contributed by atoms with E-state index in [1.807, 2.05) is 0 Å². The standard InChI is InChI=1S/C9H17NO.C2H4/c1-2-7-10-8-3-5-9(11)6-4-8;1-2/h8,10H,2-7H2,1H3;1-2H2. The highest BCUT2D eigenvalue weighted by atomic mass is 16.1. The molecule has 1 saturated carbocycles. The second-order valence-corrected chi connectivity index (χ2v) is 3.27. The molecule has 0 unspecified atom stereocenters. The summed E-state index contributed by atoms with van der Waals surface area (Å²) < 4.78 is 0. The third kappa shape index (κ3) is 5.58. The number of rotatable bonds is 3. The van der Waals surface area contributed by atoms with E-state index < -0.39 is 0 Å². The Kier molecular flexibility index (Phi) is 7.60. The number of carbonyl (C=O) groups excluding carboxylic acids is 1. The van der Waals surface area contributed by atoms with Crippen molar-refractivity contribution < 1.29 is 4.79 Å². The molecule has 0 spiro atoms. The Balaban J connectivity index is 0.000000671. The van der Waals surface area contributed by atoms with Gasteiger partial charge in [0.1, 0.15) is 5.78 Å². The molecule has 1 rings (SSSR count). The summed E-state index contributed by atoms with van der Waals surface area (Å²) in [6.45, 7) is 9.26. The Morgan fingerprint density at radius 1 is 1.38 bits per heavy atom. The van der Waals surface area contributed by atoms with Crippen molar-refractivity contribution in [2.24, 2.45) is 0 Å². The van der Waals surface area contributed by atoms with Gasteiger partial charge >= 0.3 is 0 Å². The molecule has 0 bridgehead atoms. The van der Waals surface area contributed by atoms with E-state index in [1.165, 1.54) is 6.42 Å². The maximum absolute atomic E-state index is 10.9. The smallest absolute Gasteiger partial charge is 0.133 e. The van der Waals surface area contributed by atoms with Crippen molar-refractivity contribution in [3.8, 4) is 0 Å². The van der Waals surface area contributed by atoms with Gasteiger partial charge in [-0.3, -0.25) is 4.79 Å². The van der Waals surface area contributed by atoms with Crippen molar-refractivity contribution in [3.63, 3.8) is 0 Å². The van der Waals surface area contributed by atoms with Gasteiger partial charge < -0.3 is 5.32 Å². The van der Waals surface area contributed by atoms with Crippen molar-refractivity contribution in [1.29, 1.82) is 0 Å². The molecule has 2 nitrogen and oxygen atoms in total. The van der Waals surface area contributed by atoms with E-state index in [-0.39, 0.29) is 0 Å². The molecule has 1 N–H and O–H groups in total. The highest BCUT2D eigenvalue weighted by Gasteiger charge is 2.16. The van der Waals surface area contributed by atoms with E-state index in [4.69, 9.17) is 0 Å². The zero-order chi connectivity index (χ0) is 10.1. The molecule has 0 atom stereocenters. The third-order valence-electron chi connectivity index (χ3n) is 2.23. The van der Waals surface area contributed by atoms with Crippen LogP contribution in [0, 0.1) is 0 Å². The lowest BCUT2D eigenvalue weighted by molar-refractivity contribution is -0.120. The Morgan fingerprint density at radius 2 is 1.92 bits per heavy atom. The lowest BCUT2D eigenvalue weighted by Crippen LogP contribution is -2.33. The average Bonchev–Trinajstić information content (AvgIpc) is 2.20. The molecule has 1 fully saturated rings. The molecule has 0 amide bonds. The normalized spacial score (nSPS) is 17.8. The molecule has 0 aromatic carbocycles. The molecule has 0 aliphatic heterocycles. The Hall–Kier alpha value is -0.630. The first-order chi connectivity index (χ1) is 6.33. The zero-order valence-corrected chi connectivity index (χ0v) is 8.64. The molecule has 2 heteroatoms. The van der Waals surface area contributed by atoms with Gasteiger partial charge in [-0.05, 0) is 25.8 Å². The maximum Gasteiger partial charge on any atom is 0.133 e. The fourth-order valence-electron chi connectivity index (χ4n) is 1.49. The summed E-state index contributed by atoms with van der Waals surface area (Å²) in [7, 11) is 0. The average molecular weight is 183 g/mol. The van der Waals surface area contributed by atoms with Gasteiger partial charge in [-0.25, -0.2) is 0 Å². The summed E-state index contributed by atoms with van der Waals surface area (Å²) in [5, 5.41) is 3.44. The van der Waals surface area contributed by atoms with Crippen LogP contribution in [0.1, 0.15) is 39.0 Å². The van der Waals surface area contributed by atoms with Crippen LogP contribution in [-0.2, 0) is 4.79 Å². The summed E-state index contributed by atoms with van der Waals surface area (Å²) in [4.78, 5) is 10.9. The van der Waals surface area contributed by atoms with Crippen LogP contribution in [0.2, 0.25) is 0 Å². The number of Topliss-reactive ketones (excluding diaryl/α,β-unsaturated/α-hetero) is 1. The van der Waals surface area contributed by atoms with E-state index in [1.54, 1.807) is 0 Å². The number of hydrogen-bond acceptors (Lipinski definition) is 2. The van der Waals surface area contributed by atoms with Gasteiger partial charge in [0.25, 0.3) is 0 Å². The minimum absolute atomic E-state index is 0.444. The minimum Gasteiger partial charge on any atom is -0.314 e. The van der Waals surface area contributed by atoms with Gasteiger partial charge in [-0.2, -0.15) is 0 Å². The van der Waals surface area contributed by atoms with Crippen LogP contribution in [0.4, 0.5) is 0 Å². The first-order valence-corrected chi connectivity index (χ1v) is 5.08. The Labute approximate surface area is 81.4 Å². The predicted molar refractivity (Wildman–Crippen MR) is 56.8 cm³/mol. The van der Waals surface area contributed by atoms with Crippen LogP contribution in [-0.4, -0.2) is 18.4 Å². The van der Waals surface area contributed by atoms with Gasteiger partial charge in [0.2, 0.25) is 0 Å². The van der Waals surface area contributed by atoms with Crippen molar-refractivity contribution >= 4 is 5.78 Å². The van der Waals surface area contributed by atoms with Crippen molar-refractivity contribution in [3.05, 3.63) is 13.2 Å². The minimum atomic E-state index is 0.444. The van der Waals surface area contributed by atoms with Gasteiger partial charge in [0, 0.05) is 18.9 Å². The van der Waals surface area contributed by atoms with Crippen molar-refractivity contribution in [1.82, 2.24) is 5.32 Å². The monoisotopic (exact) mass is 183 g/mol. The van der Waals surface area contributed by atoms with Crippen LogP contribution in [0.15, 0.2) is 13.2 Å². The van der Waals surface area contributed by atoms with Gasteiger partial charge in [0.05, 0.1) is 0 Å². The Morgan fingerprint density at radius 3 is 2.38 bits per heavy atom. The maximum atomic E-state index is 10.9. The topological polar surface area (TPSA) is 29.1 Å². The van der Waals surface area contributed by atoms with Gasteiger partial charge in [-0.15, -0.1) is 13.2 Å². The first kappa shape index (κ1) is 12.4. The van der Waals surface area contributed by atoms with Crippen molar-refractivity contribution in [2.45, 2.75) is 45.1 Å². The molecule has 0 aromatic heterocycles. The highest BCUT2D eigenvalue weighted by Crippen LogP contribution is 2.14. The summed E-state index contributed by atoms with van der Waals surface area (Å²) in [6.07, 6.45) is 4.88. The summed E-state index contributed by atoms with van der Waals surface area (Å²) in [5.41, 5.74) is 0. The van der Waals surface area contributed by atoms with Crippen LogP contribution < -0.4 is 5.32 Å². The molecule has 13 heavy (non-hydrogen) atoms. The van der Waals surface area contributed by atoms with Crippen LogP contribution in [0.5, 0.6) is 0 Å². The second kappa shape index (κ2) is 7.99. The molecule has 0 heterocycles. The largest absolute Gasteiger partial charge is 0.314 e. The number of ketones is 1. The number of carbonyl (C=O) groups is 1. The molecule has 0 aromatic rings. The molecule has 76 valence electrons. The fourth-order valence-corrected chi connectivity index (χ4v) is 1.49. The second-order valence-electron chi connectivity index (χ2n) is 3.27. The van der Waals surface area contributed by atoms with E-state index in [9.17, 15) is 4.79 Å². The molecule has 1 aliphatic carbocycles. The number of nitrogens with one attached hydrogen (secondary N) is 1. The summed E-state index contributed by atoms with van der Waals surface area (Å²) in [5.74, 6) is 0.444. The summed E-state index contributed by atoms with van der Waals surface area (Å²) >= 11 is 0. The van der Waals surface area contributed by atoms with Crippen LogP contribution >= 0.6 is 0 Å². The van der Waals surface area contributed by atoms with E-state index in [0.29, 0.717) is 11.8 Å². The number of hydrogen-bond donors (Lipinski definition) is 1. The van der Waals surface area contributed by atoms with Gasteiger partial charge in [0.15, 0.2) is 0 Å². The summed E-state index contributed by atoms with van der Waals surface area (Å²) in [6, 6.07) is 0.618. The van der Waals surface area contributed by atoms with Crippen molar-refractivity contribution in [2.75, 3.05) is 6.54 Å². The van der Waals surface area contributed by atoms with E-state index in [0.717, 1.165) is 32.2 Å². The first-order valence-electron chi connectivity index (χ1n) is 5.08. The highest BCUT2D eigenvalue weighted by molar-refractivity contribution is 5.79. The van der Waals surface area contributed by atoms with Gasteiger partial charge in [-0.1, -0.05) is 6.92 Å². The van der Waals surface area contributed by atoms with E-state index in [2.05, 4.69) is 25.4 Å². The molecule has 0 radical (unpaired) electrons. The third-order valence-corrected chi connectivity index (χ3v) is 2.23. The van der Waals surface area contributed by atoms with E-state index >= 15 is 0 Å². The lowest BCUT2D eigenvalue weighted by atomic mass is 9.94. The fraction of sp³-hybridized carbons (Fsp3) is 0.727. The van der Waals surface area contributed by atoms with Crippen LogP contribution in [0.25, 0.3) is 0 Å². The molecular formula is C11H21NO. The molecule has 1 aliphatic rings. The predicted octanol–water partition coefficient (Wildman–Crippen LogP) is 2.30. The molecule has 0 saturated heterocycles. The Bertz CT molecular complexity index is 135. The zero-order valence-electron chi connectivity index (χ0n) is 8.64. The lowest BCUT2D eigenvalue weighted by Gasteiger charge is -2.21. The molecular weight excluding hydrogens is 162 g/mol. The quantitative estimate of drug-likeness (QED) is 0.680. The SMILES string of the molecule is C=C.CCCNC1CCC(=O)CC1. The van der Waals surface area contributed by atoms with Crippen LogP contribution in [0.3, 0.4) is 0 Å².